The molecule has 3 rings (SSSR count). The first kappa shape index (κ1) is 20.6. The van der Waals surface area contributed by atoms with Crippen LogP contribution in [0.3, 0.4) is 0 Å². The second-order valence-electron chi connectivity index (χ2n) is 7.49. The van der Waals surface area contributed by atoms with Crippen molar-refractivity contribution in [3.05, 3.63) is 30.3 Å². The number of carbonyl (C=O) groups is 1. The van der Waals surface area contributed by atoms with E-state index in [4.69, 9.17) is 14.7 Å². The Balaban J connectivity index is 1.35. The van der Waals surface area contributed by atoms with Crippen LogP contribution in [-0.2, 0) is 14.3 Å². The number of amides is 1. The lowest BCUT2D eigenvalue weighted by molar-refractivity contribution is -0.159. The van der Waals surface area contributed by atoms with Gasteiger partial charge in [0, 0.05) is 31.6 Å². The fourth-order valence-electron chi connectivity index (χ4n) is 4.31. The number of hydroxylamine groups is 2. The summed E-state index contributed by atoms with van der Waals surface area (Å²) in [6.07, 6.45) is 6.45. The number of hydrogen-bond donors (Lipinski definition) is 1. The number of thioether (sulfide) groups is 1. The Labute approximate surface area is 166 Å². The van der Waals surface area contributed by atoms with E-state index in [9.17, 15) is 4.79 Å². The summed E-state index contributed by atoms with van der Waals surface area (Å²) in [6.45, 7) is 1.29. The normalized spacial score (nSPS) is 26.4. The molecule has 4 atom stereocenters. The number of benzene rings is 1. The molecule has 0 aliphatic carbocycles. The van der Waals surface area contributed by atoms with Gasteiger partial charge in [0.15, 0.2) is 0 Å². The fourth-order valence-corrected chi connectivity index (χ4v) is 5.28. The Bertz CT molecular complexity index is 583. The van der Waals surface area contributed by atoms with Crippen LogP contribution in [0.1, 0.15) is 38.5 Å². The van der Waals surface area contributed by atoms with Crippen LogP contribution >= 0.6 is 11.8 Å². The molecule has 2 aliphatic heterocycles. The van der Waals surface area contributed by atoms with E-state index in [0.29, 0.717) is 48.6 Å². The van der Waals surface area contributed by atoms with Crippen molar-refractivity contribution in [3.63, 3.8) is 0 Å². The number of rotatable bonds is 11. The molecule has 1 aromatic carbocycles. The van der Waals surface area contributed by atoms with Gasteiger partial charge in [0.1, 0.15) is 0 Å². The molecule has 2 heterocycles. The molecule has 1 N–H and O–H groups in total. The van der Waals surface area contributed by atoms with Gasteiger partial charge in [0.25, 0.3) is 0 Å². The van der Waals surface area contributed by atoms with E-state index in [-0.39, 0.29) is 5.91 Å². The van der Waals surface area contributed by atoms with Gasteiger partial charge in [0.05, 0.1) is 12.2 Å². The summed E-state index contributed by atoms with van der Waals surface area (Å²) in [5.41, 5.74) is 0. The Morgan fingerprint density at radius 3 is 2.59 bits per heavy atom. The molecule has 5 nitrogen and oxygen atoms in total. The highest BCUT2D eigenvalue weighted by Crippen LogP contribution is 2.47. The average Bonchev–Trinajstić information content (AvgIpc) is 3.27. The summed E-state index contributed by atoms with van der Waals surface area (Å²) in [7, 11) is 1.36. The van der Waals surface area contributed by atoms with Gasteiger partial charge in [-0.1, -0.05) is 18.2 Å². The van der Waals surface area contributed by atoms with E-state index < -0.39 is 0 Å². The van der Waals surface area contributed by atoms with E-state index in [2.05, 4.69) is 30.3 Å². The number of nitrogens with zero attached hydrogens (tertiary/aromatic N) is 1. The van der Waals surface area contributed by atoms with Crippen LogP contribution in [0.25, 0.3) is 0 Å². The minimum absolute atomic E-state index is 0.268. The Hall–Kier alpha value is -1.08. The molecular weight excluding hydrogens is 362 g/mol. The topological polar surface area (TPSA) is 59.0 Å². The van der Waals surface area contributed by atoms with Crippen LogP contribution in [0.5, 0.6) is 0 Å². The summed E-state index contributed by atoms with van der Waals surface area (Å²) in [6, 6.07) is 10.6. The first-order valence-corrected chi connectivity index (χ1v) is 11.0. The minimum Gasteiger partial charge on any atom is -0.381 e. The molecule has 150 valence electrons. The van der Waals surface area contributed by atoms with Crippen LogP contribution in [0, 0.1) is 11.8 Å². The molecule has 0 unspecified atom stereocenters. The highest BCUT2D eigenvalue weighted by molar-refractivity contribution is 7.99. The molecule has 27 heavy (non-hydrogen) atoms. The van der Waals surface area contributed by atoms with E-state index in [1.807, 2.05) is 11.8 Å². The van der Waals surface area contributed by atoms with Crippen molar-refractivity contribution >= 4 is 17.7 Å². The number of hydrogen-bond acceptors (Lipinski definition) is 5. The van der Waals surface area contributed by atoms with Gasteiger partial charge < -0.3 is 9.47 Å². The SMILES string of the molecule is CN(O)C(=O)CCCOCC[C@@H]1[C@H](CCSc2ccccc2)[C@@H]2CC[C@H]1O2. The van der Waals surface area contributed by atoms with Crippen LogP contribution < -0.4 is 0 Å². The van der Waals surface area contributed by atoms with Gasteiger partial charge in [-0.05, 0) is 61.8 Å². The molecular formula is C21H31NO4S. The van der Waals surface area contributed by atoms with Gasteiger partial charge in [-0.15, -0.1) is 11.8 Å². The van der Waals surface area contributed by atoms with E-state index >= 15 is 0 Å². The van der Waals surface area contributed by atoms with Crippen LogP contribution in [0.4, 0.5) is 0 Å². The lowest BCUT2D eigenvalue weighted by Gasteiger charge is -2.28. The summed E-state index contributed by atoms with van der Waals surface area (Å²) in [5.74, 6) is 2.12. The third kappa shape index (κ3) is 5.95. The average molecular weight is 394 g/mol. The standard InChI is InChI=1S/C21H31NO4S/c1-22(24)21(23)8-5-13-25-14-11-17-18(20-10-9-19(17)26-20)12-15-27-16-6-3-2-4-7-16/h2-4,6-7,17-20,24H,5,8-15H2,1H3/t17-,18+,19-,20+/m1/s1. The Kier molecular flexibility index (Phi) is 8.00. The maximum absolute atomic E-state index is 11.3. The zero-order valence-corrected chi connectivity index (χ0v) is 16.9. The zero-order valence-electron chi connectivity index (χ0n) is 16.1. The zero-order chi connectivity index (χ0) is 19.1. The number of fused-ring (bicyclic) bond motifs is 2. The van der Waals surface area contributed by atoms with Crippen molar-refractivity contribution in [3.8, 4) is 0 Å². The minimum atomic E-state index is -0.268. The molecule has 0 saturated carbocycles. The predicted octanol–water partition coefficient (Wildman–Crippen LogP) is 4.00. The third-order valence-corrected chi connectivity index (χ3v) is 6.73. The van der Waals surface area contributed by atoms with Crippen molar-refractivity contribution in [1.82, 2.24) is 5.06 Å². The van der Waals surface area contributed by atoms with Gasteiger partial charge >= 0.3 is 0 Å². The molecule has 2 bridgehead atoms. The second-order valence-corrected chi connectivity index (χ2v) is 8.66. The Morgan fingerprint density at radius 2 is 1.89 bits per heavy atom. The van der Waals surface area contributed by atoms with E-state index in [1.165, 1.54) is 31.2 Å². The van der Waals surface area contributed by atoms with Crippen molar-refractivity contribution in [2.24, 2.45) is 11.8 Å². The molecule has 2 fully saturated rings. The highest BCUT2D eigenvalue weighted by atomic mass is 32.2. The molecule has 6 heteroatoms. The second kappa shape index (κ2) is 10.5. The van der Waals surface area contributed by atoms with Gasteiger partial charge in [0.2, 0.25) is 5.91 Å². The van der Waals surface area contributed by atoms with Crippen molar-refractivity contribution in [2.75, 3.05) is 26.0 Å². The third-order valence-electron chi connectivity index (χ3n) is 5.69. The van der Waals surface area contributed by atoms with Gasteiger partial charge in [-0.3, -0.25) is 10.0 Å². The molecule has 2 saturated heterocycles. The largest absolute Gasteiger partial charge is 0.381 e. The highest BCUT2D eigenvalue weighted by Gasteiger charge is 2.47. The lowest BCUT2D eigenvalue weighted by atomic mass is 9.76. The Morgan fingerprint density at radius 1 is 1.19 bits per heavy atom. The fraction of sp³-hybridized carbons (Fsp3) is 0.667. The molecule has 2 aliphatic rings. The van der Waals surface area contributed by atoms with Crippen LogP contribution in [0.2, 0.25) is 0 Å². The van der Waals surface area contributed by atoms with Crippen molar-refractivity contribution in [2.45, 2.75) is 55.6 Å². The van der Waals surface area contributed by atoms with Crippen molar-refractivity contribution < 1.29 is 19.5 Å². The number of ether oxygens (including phenoxy) is 2. The van der Waals surface area contributed by atoms with Gasteiger partial charge in [-0.2, -0.15) is 0 Å². The number of carbonyl (C=O) groups excluding carboxylic acids is 1. The summed E-state index contributed by atoms with van der Waals surface area (Å²) >= 11 is 1.93. The molecule has 0 radical (unpaired) electrons. The smallest absolute Gasteiger partial charge is 0.245 e. The maximum atomic E-state index is 11.3. The molecule has 1 amide bonds. The van der Waals surface area contributed by atoms with Crippen molar-refractivity contribution in [1.29, 1.82) is 0 Å². The van der Waals surface area contributed by atoms with E-state index in [1.54, 1.807) is 0 Å². The summed E-state index contributed by atoms with van der Waals surface area (Å²) in [5, 5.41) is 9.67. The lowest BCUT2D eigenvalue weighted by Crippen LogP contribution is -2.29. The molecule has 0 aromatic heterocycles. The first-order chi connectivity index (χ1) is 13.1. The maximum Gasteiger partial charge on any atom is 0.245 e. The van der Waals surface area contributed by atoms with Crippen LogP contribution in [0.15, 0.2) is 35.2 Å². The summed E-state index contributed by atoms with van der Waals surface area (Å²) in [4.78, 5) is 12.7. The monoisotopic (exact) mass is 393 g/mol. The van der Waals surface area contributed by atoms with Gasteiger partial charge in [-0.25, -0.2) is 5.06 Å². The van der Waals surface area contributed by atoms with E-state index in [0.717, 1.165) is 18.8 Å². The molecule has 1 aromatic rings. The summed E-state index contributed by atoms with van der Waals surface area (Å²) < 4.78 is 11.9. The predicted molar refractivity (Wildman–Crippen MR) is 106 cm³/mol. The van der Waals surface area contributed by atoms with Crippen LogP contribution in [-0.4, -0.2) is 54.4 Å². The quantitative estimate of drug-likeness (QED) is 0.267. The molecule has 0 spiro atoms. The first-order valence-electron chi connectivity index (χ1n) is 10.0.